The van der Waals surface area contributed by atoms with Crippen molar-refractivity contribution >= 4 is 33.5 Å². The molecule has 1 unspecified atom stereocenters. The minimum atomic E-state index is -0.890. The molecule has 6 heteroatoms. The Morgan fingerprint density at radius 1 is 1.47 bits per heavy atom. The highest BCUT2D eigenvalue weighted by molar-refractivity contribution is 9.10. The van der Waals surface area contributed by atoms with Gasteiger partial charge in [0.25, 0.3) is 0 Å². The number of carboxylic acids is 1. The molecule has 1 N–H and O–H groups in total. The molecule has 0 aromatic heterocycles. The van der Waals surface area contributed by atoms with Crippen molar-refractivity contribution in [3.05, 3.63) is 28.7 Å². The summed E-state index contributed by atoms with van der Waals surface area (Å²) in [5.41, 5.74) is 0.916. The number of halogens is 1. The van der Waals surface area contributed by atoms with E-state index in [1.54, 1.807) is 7.05 Å². The van der Waals surface area contributed by atoms with E-state index in [2.05, 4.69) is 15.9 Å². The van der Waals surface area contributed by atoms with Gasteiger partial charge in [-0.15, -0.1) is 0 Å². The van der Waals surface area contributed by atoms with Crippen LogP contribution in [0.4, 0.5) is 5.69 Å². The van der Waals surface area contributed by atoms with Crippen LogP contribution in [0.15, 0.2) is 28.7 Å². The summed E-state index contributed by atoms with van der Waals surface area (Å²) < 4.78 is 0.904. The fourth-order valence-electron chi connectivity index (χ4n) is 2.21. The molecule has 1 aliphatic rings. The van der Waals surface area contributed by atoms with Crippen LogP contribution in [0.3, 0.4) is 0 Å². The maximum Gasteiger partial charge on any atom is 0.305 e. The van der Waals surface area contributed by atoms with Gasteiger partial charge in [-0.2, -0.15) is 0 Å². The van der Waals surface area contributed by atoms with Crippen LogP contribution in [0.5, 0.6) is 0 Å². The van der Waals surface area contributed by atoms with Gasteiger partial charge in [-0.25, -0.2) is 0 Å². The lowest BCUT2D eigenvalue weighted by Gasteiger charge is -2.39. The Morgan fingerprint density at radius 2 is 2.16 bits per heavy atom. The van der Waals surface area contributed by atoms with E-state index >= 15 is 0 Å². The molecule has 0 aliphatic carbocycles. The monoisotopic (exact) mass is 326 g/mol. The third-order valence-corrected chi connectivity index (χ3v) is 3.97. The number of anilines is 1. The van der Waals surface area contributed by atoms with Gasteiger partial charge in [0.05, 0.1) is 24.7 Å². The quantitative estimate of drug-likeness (QED) is 0.916. The summed E-state index contributed by atoms with van der Waals surface area (Å²) in [5, 5.41) is 8.92. The predicted octanol–water partition coefficient (Wildman–Crippen LogP) is 1.57. The van der Waals surface area contributed by atoms with E-state index in [1.807, 2.05) is 29.2 Å². The largest absolute Gasteiger partial charge is 0.481 e. The summed E-state index contributed by atoms with van der Waals surface area (Å²) in [5.74, 6) is -0.952. The first kappa shape index (κ1) is 13.9. The SMILES string of the molecule is CN1C(=O)CN(c2ccccc2Br)CC1CC(=O)O. The van der Waals surface area contributed by atoms with Crippen LogP contribution < -0.4 is 4.90 Å². The smallest absolute Gasteiger partial charge is 0.305 e. The van der Waals surface area contributed by atoms with Crippen LogP contribution >= 0.6 is 15.9 Å². The molecule has 2 rings (SSSR count). The Morgan fingerprint density at radius 3 is 2.79 bits per heavy atom. The molecule has 1 amide bonds. The van der Waals surface area contributed by atoms with Crippen LogP contribution in [0.25, 0.3) is 0 Å². The summed E-state index contributed by atoms with van der Waals surface area (Å²) in [6.07, 6.45) is -0.0385. The number of carbonyl (C=O) groups is 2. The molecule has 1 aliphatic heterocycles. The highest BCUT2D eigenvalue weighted by atomic mass is 79.9. The van der Waals surface area contributed by atoms with Crippen molar-refractivity contribution in [1.82, 2.24) is 4.90 Å². The van der Waals surface area contributed by atoms with E-state index in [1.165, 1.54) is 4.90 Å². The summed E-state index contributed by atoms with van der Waals surface area (Å²) in [6.45, 7) is 0.798. The molecular weight excluding hydrogens is 312 g/mol. The van der Waals surface area contributed by atoms with Crippen LogP contribution in [-0.4, -0.2) is 48.1 Å². The Balaban J connectivity index is 2.22. The van der Waals surface area contributed by atoms with Crippen molar-refractivity contribution in [2.45, 2.75) is 12.5 Å². The zero-order valence-electron chi connectivity index (χ0n) is 10.5. The zero-order valence-corrected chi connectivity index (χ0v) is 12.1. The molecule has 1 atom stereocenters. The van der Waals surface area contributed by atoms with Gasteiger partial charge >= 0.3 is 5.97 Å². The average Bonchev–Trinajstić information content (AvgIpc) is 2.35. The van der Waals surface area contributed by atoms with Crippen LogP contribution in [0.2, 0.25) is 0 Å². The van der Waals surface area contributed by atoms with Gasteiger partial charge in [0.15, 0.2) is 0 Å². The van der Waals surface area contributed by atoms with Crippen molar-refractivity contribution in [2.75, 3.05) is 25.0 Å². The van der Waals surface area contributed by atoms with E-state index in [4.69, 9.17) is 5.11 Å². The normalized spacial score (nSPS) is 19.7. The number of aliphatic carboxylic acids is 1. The molecule has 102 valence electrons. The topological polar surface area (TPSA) is 60.9 Å². The van der Waals surface area contributed by atoms with Crippen LogP contribution in [-0.2, 0) is 9.59 Å². The third kappa shape index (κ3) is 3.07. The summed E-state index contributed by atoms with van der Waals surface area (Å²) in [4.78, 5) is 26.3. The van der Waals surface area contributed by atoms with Crippen molar-refractivity contribution in [3.63, 3.8) is 0 Å². The van der Waals surface area contributed by atoms with E-state index in [-0.39, 0.29) is 24.9 Å². The predicted molar refractivity (Wildman–Crippen MR) is 75.2 cm³/mol. The molecule has 1 heterocycles. The molecule has 0 saturated carbocycles. The summed E-state index contributed by atoms with van der Waals surface area (Å²) >= 11 is 3.45. The maximum atomic E-state index is 12.0. The molecule has 1 saturated heterocycles. The molecule has 1 aromatic rings. The number of carboxylic acid groups (broad SMARTS) is 1. The first-order valence-corrected chi connectivity index (χ1v) is 6.75. The number of hydrogen-bond donors (Lipinski definition) is 1. The second-order valence-corrected chi connectivity index (χ2v) is 5.44. The van der Waals surface area contributed by atoms with E-state index in [0.717, 1.165) is 10.2 Å². The van der Waals surface area contributed by atoms with Gasteiger partial charge in [-0.3, -0.25) is 9.59 Å². The highest BCUT2D eigenvalue weighted by Crippen LogP contribution is 2.28. The minimum Gasteiger partial charge on any atom is -0.481 e. The van der Waals surface area contributed by atoms with Crippen LogP contribution in [0.1, 0.15) is 6.42 Å². The molecule has 0 radical (unpaired) electrons. The second-order valence-electron chi connectivity index (χ2n) is 4.59. The Labute approximate surface area is 119 Å². The molecule has 0 bridgehead atoms. The fourth-order valence-corrected chi connectivity index (χ4v) is 2.75. The first-order chi connectivity index (χ1) is 8.99. The lowest BCUT2D eigenvalue weighted by molar-refractivity contribution is -0.140. The van der Waals surface area contributed by atoms with E-state index in [0.29, 0.717) is 6.54 Å². The average molecular weight is 327 g/mol. The number of likely N-dealkylation sites (N-methyl/N-ethyl adjacent to an activating group) is 1. The molecule has 19 heavy (non-hydrogen) atoms. The Hall–Kier alpha value is -1.56. The lowest BCUT2D eigenvalue weighted by Crippen LogP contribution is -2.55. The van der Waals surface area contributed by atoms with Crippen molar-refractivity contribution in [1.29, 1.82) is 0 Å². The molecule has 1 aromatic carbocycles. The Bertz CT molecular complexity index is 506. The number of carbonyl (C=O) groups excluding carboxylic acids is 1. The van der Waals surface area contributed by atoms with Gasteiger partial charge in [-0.05, 0) is 28.1 Å². The van der Waals surface area contributed by atoms with Crippen molar-refractivity contribution in [2.24, 2.45) is 0 Å². The number of amides is 1. The van der Waals surface area contributed by atoms with Gasteiger partial charge in [-0.1, -0.05) is 12.1 Å². The standard InChI is InChI=1S/C13H15BrN2O3/c1-15-9(6-13(18)19)7-16(8-12(15)17)11-5-3-2-4-10(11)14/h2-5,9H,6-8H2,1H3,(H,18,19). The van der Waals surface area contributed by atoms with Gasteiger partial charge in [0.1, 0.15) is 0 Å². The second kappa shape index (κ2) is 5.61. The zero-order chi connectivity index (χ0) is 14.0. The number of para-hydroxylation sites is 1. The van der Waals surface area contributed by atoms with Gasteiger partial charge in [0.2, 0.25) is 5.91 Å². The molecule has 0 spiro atoms. The van der Waals surface area contributed by atoms with Gasteiger partial charge in [0, 0.05) is 18.1 Å². The number of nitrogens with zero attached hydrogens (tertiary/aromatic N) is 2. The molecule has 1 fully saturated rings. The molecule has 5 nitrogen and oxygen atoms in total. The third-order valence-electron chi connectivity index (χ3n) is 3.30. The number of rotatable bonds is 3. The fraction of sp³-hybridized carbons (Fsp3) is 0.385. The van der Waals surface area contributed by atoms with E-state index < -0.39 is 5.97 Å². The van der Waals surface area contributed by atoms with Crippen molar-refractivity contribution in [3.8, 4) is 0 Å². The Kier molecular flexibility index (Phi) is 4.09. The van der Waals surface area contributed by atoms with E-state index in [9.17, 15) is 9.59 Å². The summed E-state index contributed by atoms with van der Waals surface area (Å²) in [6, 6.07) is 7.33. The first-order valence-electron chi connectivity index (χ1n) is 5.96. The van der Waals surface area contributed by atoms with Crippen molar-refractivity contribution < 1.29 is 14.7 Å². The summed E-state index contributed by atoms with van der Waals surface area (Å²) in [7, 11) is 1.66. The highest BCUT2D eigenvalue weighted by Gasteiger charge is 2.31. The van der Waals surface area contributed by atoms with Crippen LogP contribution in [0, 0.1) is 0 Å². The maximum absolute atomic E-state index is 12.0. The number of hydrogen-bond acceptors (Lipinski definition) is 3. The minimum absolute atomic E-state index is 0.0385. The number of piperazine rings is 1. The van der Waals surface area contributed by atoms with Gasteiger partial charge < -0.3 is 14.9 Å². The lowest BCUT2D eigenvalue weighted by atomic mass is 10.1. The molecular formula is C13H15BrN2O3. The number of benzene rings is 1.